The average molecular weight is 397 g/mol. The van der Waals surface area contributed by atoms with E-state index in [-0.39, 0.29) is 23.3 Å². The highest BCUT2D eigenvalue weighted by Gasteiger charge is 2.27. The Kier molecular flexibility index (Phi) is 6.96. The van der Waals surface area contributed by atoms with Crippen molar-refractivity contribution in [3.8, 4) is 0 Å². The lowest BCUT2D eigenvalue weighted by molar-refractivity contribution is -0.127. The van der Waals surface area contributed by atoms with Crippen LogP contribution in [-0.2, 0) is 19.6 Å². The van der Waals surface area contributed by atoms with Gasteiger partial charge >= 0.3 is 0 Å². The molecular weight excluding hydrogens is 368 g/mol. The lowest BCUT2D eigenvalue weighted by Crippen LogP contribution is -2.53. The van der Waals surface area contributed by atoms with E-state index >= 15 is 0 Å². The Morgan fingerprint density at radius 1 is 1.33 bits per heavy atom. The number of sulfonamides is 1. The molecule has 1 aliphatic rings. The van der Waals surface area contributed by atoms with E-state index in [1.54, 1.807) is 44.7 Å². The van der Waals surface area contributed by atoms with E-state index < -0.39 is 16.1 Å². The number of anilines is 1. The minimum Gasteiger partial charge on any atom is -0.354 e. The molecular formula is C18H28N4O4S. The molecule has 2 N–H and O–H groups in total. The standard InChI is InChI=1S/C18H28N4O4S/c1-5-22(6-2)27(25,26)16-11-15(8-7-13(16)3)20-18(24)14(4)21-10-9-19-17(23)12-21/h7-8,11,14H,5-6,9-10,12H2,1-4H3,(H,19,23)(H,20,24)/t14-/m1/s1. The third kappa shape index (κ3) is 4.85. The van der Waals surface area contributed by atoms with Gasteiger partial charge in [0.05, 0.1) is 17.5 Å². The van der Waals surface area contributed by atoms with Gasteiger partial charge in [0.2, 0.25) is 21.8 Å². The number of aryl methyl sites for hydroxylation is 1. The van der Waals surface area contributed by atoms with Gasteiger partial charge in [-0.25, -0.2) is 8.42 Å². The van der Waals surface area contributed by atoms with Crippen molar-refractivity contribution >= 4 is 27.5 Å². The van der Waals surface area contributed by atoms with Gasteiger partial charge in [0.1, 0.15) is 0 Å². The van der Waals surface area contributed by atoms with Gasteiger partial charge in [0, 0.05) is 31.9 Å². The quantitative estimate of drug-likeness (QED) is 0.710. The number of nitrogens with zero attached hydrogens (tertiary/aromatic N) is 2. The molecule has 150 valence electrons. The fraction of sp³-hybridized carbons (Fsp3) is 0.556. The van der Waals surface area contributed by atoms with Gasteiger partial charge in [-0.1, -0.05) is 19.9 Å². The average Bonchev–Trinajstić information content (AvgIpc) is 2.63. The highest BCUT2D eigenvalue weighted by atomic mass is 32.2. The molecule has 1 fully saturated rings. The molecule has 1 heterocycles. The predicted octanol–water partition coefficient (Wildman–Crippen LogP) is 0.784. The Labute approximate surface area is 161 Å². The van der Waals surface area contributed by atoms with Crippen molar-refractivity contribution in [1.29, 1.82) is 0 Å². The Morgan fingerprint density at radius 3 is 2.59 bits per heavy atom. The molecule has 1 saturated heterocycles. The van der Waals surface area contributed by atoms with Gasteiger partial charge in [-0.05, 0) is 31.5 Å². The van der Waals surface area contributed by atoms with Crippen LogP contribution >= 0.6 is 0 Å². The molecule has 0 spiro atoms. The topological polar surface area (TPSA) is 98.8 Å². The zero-order chi connectivity index (χ0) is 20.2. The number of nitrogens with one attached hydrogen (secondary N) is 2. The molecule has 1 aromatic carbocycles. The summed E-state index contributed by atoms with van der Waals surface area (Å²) in [5.74, 6) is -0.386. The van der Waals surface area contributed by atoms with Crippen molar-refractivity contribution in [3.05, 3.63) is 23.8 Å². The second kappa shape index (κ2) is 8.81. The van der Waals surface area contributed by atoms with Crippen LogP contribution in [0, 0.1) is 6.92 Å². The largest absolute Gasteiger partial charge is 0.354 e. The van der Waals surface area contributed by atoms with Crippen molar-refractivity contribution in [1.82, 2.24) is 14.5 Å². The first-order valence-corrected chi connectivity index (χ1v) is 10.6. The number of amides is 2. The third-order valence-electron chi connectivity index (χ3n) is 4.77. The maximum absolute atomic E-state index is 12.8. The first-order valence-electron chi connectivity index (χ1n) is 9.13. The van der Waals surface area contributed by atoms with Gasteiger partial charge in [-0.2, -0.15) is 4.31 Å². The van der Waals surface area contributed by atoms with Crippen LogP contribution in [0.15, 0.2) is 23.1 Å². The fourth-order valence-corrected chi connectivity index (χ4v) is 4.77. The molecule has 0 aliphatic carbocycles. The summed E-state index contributed by atoms with van der Waals surface area (Å²) in [6, 6.07) is 4.37. The molecule has 27 heavy (non-hydrogen) atoms. The second-order valence-electron chi connectivity index (χ2n) is 6.56. The van der Waals surface area contributed by atoms with Crippen LogP contribution in [0.4, 0.5) is 5.69 Å². The maximum Gasteiger partial charge on any atom is 0.243 e. The Bertz CT molecular complexity index is 806. The minimum atomic E-state index is -3.62. The van der Waals surface area contributed by atoms with Crippen LogP contribution < -0.4 is 10.6 Å². The lowest BCUT2D eigenvalue weighted by atomic mass is 10.2. The minimum absolute atomic E-state index is 0.108. The second-order valence-corrected chi connectivity index (χ2v) is 8.46. The van der Waals surface area contributed by atoms with Gasteiger partial charge in [-0.3, -0.25) is 14.5 Å². The summed E-state index contributed by atoms with van der Waals surface area (Å²) in [5, 5.41) is 5.50. The molecule has 2 rings (SSSR count). The molecule has 0 bridgehead atoms. The number of piperazine rings is 1. The SMILES string of the molecule is CCN(CC)S(=O)(=O)c1cc(NC(=O)[C@@H](C)N2CCNC(=O)C2)ccc1C. The number of carbonyl (C=O) groups excluding carboxylic acids is 2. The first kappa shape index (κ1) is 21.3. The van der Waals surface area contributed by atoms with Crippen molar-refractivity contribution in [2.75, 3.05) is 38.0 Å². The van der Waals surface area contributed by atoms with E-state index in [1.165, 1.54) is 10.4 Å². The van der Waals surface area contributed by atoms with Crippen molar-refractivity contribution in [2.24, 2.45) is 0 Å². The zero-order valence-corrected chi connectivity index (χ0v) is 17.1. The molecule has 0 saturated carbocycles. The summed E-state index contributed by atoms with van der Waals surface area (Å²) >= 11 is 0. The third-order valence-corrected chi connectivity index (χ3v) is 6.97. The Hall–Kier alpha value is -1.97. The van der Waals surface area contributed by atoms with E-state index in [1.807, 2.05) is 0 Å². The van der Waals surface area contributed by atoms with Crippen LogP contribution in [0.5, 0.6) is 0 Å². The molecule has 0 aromatic heterocycles. The Morgan fingerprint density at radius 2 is 2.00 bits per heavy atom. The van der Waals surface area contributed by atoms with Crippen molar-refractivity contribution < 1.29 is 18.0 Å². The highest BCUT2D eigenvalue weighted by Crippen LogP contribution is 2.24. The van der Waals surface area contributed by atoms with Crippen molar-refractivity contribution in [2.45, 2.75) is 38.6 Å². The van der Waals surface area contributed by atoms with E-state index in [0.717, 1.165) is 0 Å². The fourth-order valence-electron chi connectivity index (χ4n) is 3.06. The van der Waals surface area contributed by atoms with Crippen LogP contribution in [0.3, 0.4) is 0 Å². The van der Waals surface area contributed by atoms with Gasteiger partial charge in [0.15, 0.2) is 0 Å². The number of hydrogen-bond donors (Lipinski definition) is 2. The maximum atomic E-state index is 12.8. The molecule has 0 unspecified atom stereocenters. The van der Waals surface area contributed by atoms with E-state index in [0.29, 0.717) is 37.4 Å². The van der Waals surface area contributed by atoms with Gasteiger partial charge in [0.25, 0.3) is 0 Å². The summed E-state index contributed by atoms with van der Waals surface area (Å²) in [6.07, 6.45) is 0. The summed E-state index contributed by atoms with van der Waals surface area (Å²) in [7, 11) is -3.62. The van der Waals surface area contributed by atoms with Crippen LogP contribution in [0.2, 0.25) is 0 Å². The predicted molar refractivity (Wildman–Crippen MR) is 104 cm³/mol. The summed E-state index contributed by atoms with van der Waals surface area (Å²) < 4.78 is 27.0. The molecule has 8 nitrogen and oxygen atoms in total. The lowest BCUT2D eigenvalue weighted by Gasteiger charge is -2.31. The summed E-state index contributed by atoms with van der Waals surface area (Å²) in [4.78, 5) is 26.1. The van der Waals surface area contributed by atoms with Gasteiger partial charge in [-0.15, -0.1) is 0 Å². The zero-order valence-electron chi connectivity index (χ0n) is 16.3. The van der Waals surface area contributed by atoms with Crippen LogP contribution in [0.1, 0.15) is 26.3 Å². The first-order chi connectivity index (χ1) is 12.7. The van der Waals surface area contributed by atoms with E-state index in [4.69, 9.17) is 0 Å². The van der Waals surface area contributed by atoms with Crippen LogP contribution in [-0.4, -0.2) is 68.2 Å². The van der Waals surface area contributed by atoms with E-state index in [9.17, 15) is 18.0 Å². The van der Waals surface area contributed by atoms with Gasteiger partial charge < -0.3 is 10.6 Å². The van der Waals surface area contributed by atoms with Crippen LogP contribution in [0.25, 0.3) is 0 Å². The Balaban J connectivity index is 2.20. The number of hydrogen-bond acceptors (Lipinski definition) is 5. The number of benzene rings is 1. The smallest absolute Gasteiger partial charge is 0.243 e. The normalized spacial score (nSPS) is 16.9. The summed E-state index contributed by atoms with van der Waals surface area (Å²) in [6.45, 7) is 9.07. The summed E-state index contributed by atoms with van der Waals surface area (Å²) in [5.41, 5.74) is 1.05. The molecule has 1 atom stereocenters. The molecule has 2 amide bonds. The highest BCUT2D eigenvalue weighted by molar-refractivity contribution is 7.89. The van der Waals surface area contributed by atoms with E-state index in [2.05, 4.69) is 10.6 Å². The molecule has 1 aromatic rings. The van der Waals surface area contributed by atoms with Crippen molar-refractivity contribution in [3.63, 3.8) is 0 Å². The monoisotopic (exact) mass is 396 g/mol. The molecule has 9 heteroatoms. The number of rotatable bonds is 7. The molecule has 1 aliphatic heterocycles. The number of carbonyl (C=O) groups is 2. The molecule has 0 radical (unpaired) electrons.